The van der Waals surface area contributed by atoms with Crippen LogP contribution < -0.4 is 5.32 Å². The van der Waals surface area contributed by atoms with Crippen molar-refractivity contribution in [3.63, 3.8) is 0 Å². The van der Waals surface area contributed by atoms with Crippen LogP contribution in [0.5, 0.6) is 0 Å². The maximum absolute atomic E-state index is 12.9. The second-order valence-corrected chi connectivity index (χ2v) is 7.62. The summed E-state index contributed by atoms with van der Waals surface area (Å²) in [5, 5.41) is 2.89. The van der Waals surface area contributed by atoms with Crippen molar-refractivity contribution in [1.82, 2.24) is 10.2 Å². The van der Waals surface area contributed by atoms with E-state index < -0.39 is 6.04 Å². The molecule has 0 saturated heterocycles. The van der Waals surface area contributed by atoms with Crippen molar-refractivity contribution in [3.05, 3.63) is 65.7 Å². The first kappa shape index (κ1) is 21.0. The molecular formula is C22H28N2O2S. The number of carbonyl (C=O) groups excluding carboxylic acids is 2. The van der Waals surface area contributed by atoms with Gasteiger partial charge in [-0.05, 0) is 38.0 Å². The zero-order chi connectivity index (χ0) is 19.6. The summed E-state index contributed by atoms with van der Waals surface area (Å²) in [6.07, 6.45) is 0.869. The van der Waals surface area contributed by atoms with E-state index in [1.54, 1.807) is 11.8 Å². The third-order valence-corrected chi connectivity index (χ3v) is 5.29. The van der Waals surface area contributed by atoms with E-state index in [9.17, 15) is 9.59 Å². The quantitative estimate of drug-likeness (QED) is 0.664. The first-order chi connectivity index (χ1) is 13.0. The molecule has 0 bridgehead atoms. The number of carbonyl (C=O) groups is 2. The predicted octanol–water partition coefficient (Wildman–Crippen LogP) is 4.03. The molecule has 1 atom stereocenters. The Morgan fingerprint density at radius 1 is 1.07 bits per heavy atom. The van der Waals surface area contributed by atoms with E-state index in [1.165, 1.54) is 17.3 Å². The zero-order valence-electron chi connectivity index (χ0n) is 16.3. The van der Waals surface area contributed by atoms with Gasteiger partial charge in [-0.1, -0.05) is 55.0 Å². The minimum atomic E-state index is -0.511. The van der Waals surface area contributed by atoms with Crippen molar-refractivity contribution in [2.24, 2.45) is 0 Å². The number of nitrogens with one attached hydrogen (secondary N) is 1. The van der Waals surface area contributed by atoms with Gasteiger partial charge in [0.2, 0.25) is 11.8 Å². The fraction of sp³-hybridized carbons (Fsp3) is 0.364. The number of aryl methyl sites for hydroxylation is 1. The Kier molecular flexibility index (Phi) is 8.40. The molecule has 0 heterocycles. The lowest BCUT2D eigenvalue weighted by atomic mass is 10.1. The summed E-state index contributed by atoms with van der Waals surface area (Å²) in [7, 11) is 0. The normalized spacial score (nSPS) is 11.7. The molecule has 1 unspecified atom stereocenters. The molecule has 2 aromatic carbocycles. The molecule has 0 fully saturated rings. The van der Waals surface area contributed by atoms with Crippen molar-refractivity contribution >= 4 is 23.6 Å². The molecule has 1 N–H and O–H groups in total. The van der Waals surface area contributed by atoms with Gasteiger partial charge >= 0.3 is 0 Å². The van der Waals surface area contributed by atoms with Crippen LogP contribution in [0.15, 0.2) is 59.5 Å². The topological polar surface area (TPSA) is 49.4 Å². The summed E-state index contributed by atoms with van der Waals surface area (Å²) in [6.45, 7) is 6.89. The van der Waals surface area contributed by atoms with Crippen LogP contribution in [0.1, 0.15) is 31.4 Å². The fourth-order valence-corrected chi connectivity index (χ4v) is 3.41. The van der Waals surface area contributed by atoms with E-state index in [1.807, 2.05) is 68.4 Å². The molecule has 0 spiro atoms. The molecule has 144 valence electrons. The average molecular weight is 385 g/mol. The average Bonchev–Trinajstić information content (AvgIpc) is 2.69. The van der Waals surface area contributed by atoms with E-state index in [-0.39, 0.29) is 11.8 Å². The maximum atomic E-state index is 12.9. The predicted molar refractivity (Wildman–Crippen MR) is 112 cm³/mol. The molecule has 27 heavy (non-hydrogen) atoms. The largest absolute Gasteiger partial charge is 0.354 e. The molecule has 2 amide bonds. The van der Waals surface area contributed by atoms with Crippen LogP contribution in [0.2, 0.25) is 0 Å². The molecule has 0 aliphatic rings. The van der Waals surface area contributed by atoms with Crippen LogP contribution in [0.3, 0.4) is 0 Å². The maximum Gasteiger partial charge on any atom is 0.242 e. The van der Waals surface area contributed by atoms with Gasteiger partial charge in [-0.2, -0.15) is 0 Å². The molecule has 0 radical (unpaired) electrons. The number of benzene rings is 2. The number of nitrogens with zero attached hydrogens (tertiary/aromatic N) is 1. The highest BCUT2D eigenvalue weighted by molar-refractivity contribution is 8.00. The molecule has 4 nitrogen and oxygen atoms in total. The lowest BCUT2D eigenvalue weighted by molar-refractivity contribution is -0.138. The lowest BCUT2D eigenvalue weighted by Crippen LogP contribution is -2.48. The van der Waals surface area contributed by atoms with Crippen molar-refractivity contribution in [2.75, 3.05) is 12.3 Å². The molecule has 0 aromatic heterocycles. The van der Waals surface area contributed by atoms with Crippen LogP contribution in [-0.4, -0.2) is 35.1 Å². The second kappa shape index (κ2) is 10.8. The highest BCUT2D eigenvalue weighted by Gasteiger charge is 2.25. The number of amides is 2. The van der Waals surface area contributed by atoms with Gasteiger partial charge in [-0.15, -0.1) is 11.8 Å². The van der Waals surface area contributed by atoms with Crippen LogP contribution in [0.25, 0.3) is 0 Å². The smallest absolute Gasteiger partial charge is 0.242 e. The van der Waals surface area contributed by atoms with Gasteiger partial charge in [0.25, 0.3) is 0 Å². The minimum Gasteiger partial charge on any atom is -0.354 e. The van der Waals surface area contributed by atoms with E-state index in [0.29, 0.717) is 18.8 Å². The second-order valence-electron chi connectivity index (χ2n) is 6.58. The molecular weight excluding hydrogens is 356 g/mol. The molecule has 0 aliphatic carbocycles. The van der Waals surface area contributed by atoms with E-state index in [2.05, 4.69) is 5.32 Å². The van der Waals surface area contributed by atoms with Gasteiger partial charge in [-0.25, -0.2) is 0 Å². The number of hydrogen-bond acceptors (Lipinski definition) is 3. The number of hydrogen-bond donors (Lipinski definition) is 1. The van der Waals surface area contributed by atoms with E-state index in [4.69, 9.17) is 0 Å². The Labute approximate surface area is 166 Å². The Morgan fingerprint density at radius 3 is 2.37 bits per heavy atom. The zero-order valence-corrected chi connectivity index (χ0v) is 17.1. The van der Waals surface area contributed by atoms with Crippen molar-refractivity contribution in [2.45, 2.75) is 44.7 Å². The number of rotatable bonds is 9. The monoisotopic (exact) mass is 384 g/mol. The van der Waals surface area contributed by atoms with E-state index in [0.717, 1.165) is 16.9 Å². The van der Waals surface area contributed by atoms with Crippen LogP contribution >= 0.6 is 11.8 Å². The Hall–Kier alpha value is -2.27. The summed E-state index contributed by atoms with van der Waals surface area (Å²) in [5.74, 6) is 0.159. The Balaban J connectivity index is 2.08. The lowest BCUT2D eigenvalue weighted by Gasteiger charge is -2.28. The molecule has 0 saturated carbocycles. The Morgan fingerprint density at radius 2 is 1.74 bits per heavy atom. The van der Waals surface area contributed by atoms with Gasteiger partial charge in [-0.3, -0.25) is 9.59 Å². The third-order valence-electron chi connectivity index (χ3n) is 4.30. The highest BCUT2D eigenvalue weighted by atomic mass is 32.2. The summed E-state index contributed by atoms with van der Waals surface area (Å²) >= 11 is 1.50. The summed E-state index contributed by atoms with van der Waals surface area (Å²) < 4.78 is 0. The molecule has 2 aromatic rings. The summed E-state index contributed by atoms with van der Waals surface area (Å²) in [6, 6.07) is 17.4. The van der Waals surface area contributed by atoms with Crippen LogP contribution in [0.4, 0.5) is 0 Å². The first-order valence-corrected chi connectivity index (χ1v) is 10.3. The minimum absolute atomic E-state index is 0.0384. The van der Waals surface area contributed by atoms with Gasteiger partial charge < -0.3 is 10.2 Å². The van der Waals surface area contributed by atoms with Gasteiger partial charge in [0.15, 0.2) is 0 Å². The van der Waals surface area contributed by atoms with Gasteiger partial charge in [0.05, 0.1) is 5.75 Å². The molecule has 0 aliphatic heterocycles. The fourth-order valence-electron chi connectivity index (χ4n) is 2.62. The standard InChI is InChI=1S/C22H28N2O2S/c1-4-14-23-22(26)18(3)24(15-19-8-6-5-7-9-19)21(25)16-27-20-12-10-17(2)11-13-20/h5-13,18H,4,14-16H2,1-3H3,(H,23,26). The molecule has 2 rings (SSSR count). The van der Waals surface area contributed by atoms with Gasteiger partial charge in [0.1, 0.15) is 6.04 Å². The third kappa shape index (κ3) is 6.75. The summed E-state index contributed by atoms with van der Waals surface area (Å²) in [4.78, 5) is 28.1. The van der Waals surface area contributed by atoms with E-state index >= 15 is 0 Å². The highest BCUT2D eigenvalue weighted by Crippen LogP contribution is 2.20. The Bertz CT molecular complexity index is 732. The van der Waals surface area contributed by atoms with Gasteiger partial charge in [0, 0.05) is 18.0 Å². The van der Waals surface area contributed by atoms with Crippen LogP contribution in [-0.2, 0) is 16.1 Å². The van der Waals surface area contributed by atoms with Crippen LogP contribution in [0, 0.1) is 6.92 Å². The van der Waals surface area contributed by atoms with Crippen molar-refractivity contribution in [1.29, 1.82) is 0 Å². The summed E-state index contributed by atoms with van der Waals surface area (Å²) in [5.41, 5.74) is 2.21. The molecule has 5 heteroatoms. The van der Waals surface area contributed by atoms with Crippen molar-refractivity contribution < 1.29 is 9.59 Å². The van der Waals surface area contributed by atoms with Crippen molar-refractivity contribution in [3.8, 4) is 0 Å². The first-order valence-electron chi connectivity index (χ1n) is 9.31. The number of thioether (sulfide) groups is 1. The SMILES string of the molecule is CCCNC(=O)C(C)N(Cc1ccccc1)C(=O)CSc1ccc(C)cc1.